The zero-order valence-corrected chi connectivity index (χ0v) is 13.4. The van der Waals surface area contributed by atoms with Gasteiger partial charge in [0.2, 0.25) is 5.91 Å². The number of hydrogen-bond acceptors (Lipinski definition) is 3. The van der Waals surface area contributed by atoms with E-state index in [1.54, 1.807) is 0 Å². The van der Waals surface area contributed by atoms with E-state index >= 15 is 0 Å². The van der Waals surface area contributed by atoms with Crippen molar-refractivity contribution in [3.05, 3.63) is 0 Å². The molecule has 4 N–H and O–H groups in total. The van der Waals surface area contributed by atoms with E-state index in [1.807, 2.05) is 0 Å². The standard InChI is InChI=1S/C16H30N2O3/c1-16(2,9-10-17)8-7-14(19)18-11-12-5-3-4-6-13(12)15(20)21/h12-13H,3-11,17H2,1-2H3,(H,18,19)(H,20,21). The molecule has 122 valence electrons. The summed E-state index contributed by atoms with van der Waals surface area (Å²) in [6.07, 6.45) is 5.88. The zero-order chi connectivity index (χ0) is 15.9. The van der Waals surface area contributed by atoms with Crippen molar-refractivity contribution >= 4 is 11.9 Å². The average molecular weight is 298 g/mol. The first kappa shape index (κ1) is 18.0. The van der Waals surface area contributed by atoms with Crippen LogP contribution in [0.2, 0.25) is 0 Å². The van der Waals surface area contributed by atoms with Gasteiger partial charge in [0.15, 0.2) is 0 Å². The second-order valence-corrected chi connectivity index (χ2v) is 7.00. The van der Waals surface area contributed by atoms with Crippen LogP contribution in [0.15, 0.2) is 0 Å². The molecule has 0 saturated heterocycles. The van der Waals surface area contributed by atoms with Crippen LogP contribution in [0.3, 0.4) is 0 Å². The van der Waals surface area contributed by atoms with Crippen LogP contribution < -0.4 is 11.1 Å². The molecule has 5 heteroatoms. The maximum atomic E-state index is 11.9. The van der Waals surface area contributed by atoms with E-state index in [9.17, 15) is 14.7 Å². The smallest absolute Gasteiger partial charge is 0.306 e. The predicted octanol–water partition coefficient (Wildman–Crippen LogP) is 2.15. The molecule has 1 fully saturated rings. The molecule has 0 bridgehead atoms. The highest BCUT2D eigenvalue weighted by molar-refractivity contribution is 5.76. The average Bonchev–Trinajstić information content (AvgIpc) is 2.43. The zero-order valence-electron chi connectivity index (χ0n) is 13.4. The first-order chi connectivity index (χ1) is 9.85. The van der Waals surface area contributed by atoms with Crippen molar-refractivity contribution in [1.29, 1.82) is 0 Å². The van der Waals surface area contributed by atoms with E-state index in [4.69, 9.17) is 5.73 Å². The quantitative estimate of drug-likeness (QED) is 0.640. The van der Waals surface area contributed by atoms with Crippen molar-refractivity contribution in [3.63, 3.8) is 0 Å². The lowest BCUT2D eigenvalue weighted by Gasteiger charge is -2.29. The Kier molecular flexibility index (Phi) is 7.15. The number of amides is 1. The lowest BCUT2D eigenvalue weighted by Crippen LogP contribution is -2.37. The molecule has 0 radical (unpaired) electrons. The Morgan fingerprint density at radius 3 is 2.52 bits per heavy atom. The number of carboxylic acids is 1. The summed E-state index contributed by atoms with van der Waals surface area (Å²) in [4.78, 5) is 23.1. The molecule has 1 aliphatic carbocycles. The fourth-order valence-corrected chi connectivity index (χ4v) is 3.08. The minimum absolute atomic E-state index is 0.0230. The number of aliphatic carboxylic acids is 1. The SMILES string of the molecule is CC(C)(CCN)CCC(=O)NCC1CCCCC1C(=O)O. The molecular weight excluding hydrogens is 268 g/mol. The summed E-state index contributed by atoms with van der Waals surface area (Å²) in [6.45, 7) is 5.37. The molecule has 21 heavy (non-hydrogen) atoms. The maximum Gasteiger partial charge on any atom is 0.306 e. The molecule has 0 aliphatic heterocycles. The molecule has 0 heterocycles. The van der Waals surface area contributed by atoms with Gasteiger partial charge in [-0.3, -0.25) is 9.59 Å². The lowest BCUT2D eigenvalue weighted by molar-refractivity contribution is -0.145. The number of nitrogens with two attached hydrogens (primary N) is 1. The monoisotopic (exact) mass is 298 g/mol. The van der Waals surface area contributed by atoms with Gasteiger partial charge in [0.1, 0.15) is 0 Å². The van der Waals surface area contributed by atoms with Crippen molar-refractivity contribution in [2.75, 3.05) is 13.1 Å². The summed E-state index contributed by atoms with van der Waals surface area (Å²) in [7, 11) is 0. The molecule has 0 aromatic heterocycles. The number of hydrogen-bond donors (Lipinski definition) is 3. The fourth-order valence-electron chi connectivity index (χ4n) is 3.08. The number of carboxylic acid groups (broad SMARTS) is 1. The molecule has 0 aromatic rings. The van der Waals surface area contributed by atoms with E-state index in [-0.39, 0.29) is 23.2 Å². The van der Waals surface area contributed by atoms with E-state index in [0.717, 1.165) is 38.5 Å². The van der Waals surface area contributed by atoms with Gasteiger partial charge in [-0.2, -0.15) is 0 Å². The van der Waals surface area contributed by atoms with Gasteiger partial charge >= 0.3 is 5.97 Å². The van der Waals surface area contributed by atoms with Gasteiger partial charge in [0.05, 0.1) is 5.92 Å². The second-order valence-electron chi connectivity index (χ2n) is 7.00. The van der Waals surface area contributed by atoms with Gasteiger partial charge < -0.3 is 16.2 Å². The Morgan fingerprint density at radius 1 is 1.24 bits per heavy atom. The van der Waals surface area contributed by atoms with Crippen LogP contribution in [0.1, 0.15) is 58.8 Å². The fraction of sp³-hybridized carbons (Fsp3) is 0.875. The Labute approximate surface area is 127 Å². The largest absolute Gasteiger partial charge is 0.481 e. The summed E-state index contributed by atoms with van der Waals surface area (Å²) in [6, 6.07) is 0. The van der Waals surface area contributed by atoms with E-state index in [1.165, 1.54) is 0 Å². The first-order valence-corrected chi connectivity index (χ1v) is 8.05. The Bertz CT molecular complexity index is 355. The minimum Gasteiger partial charge on any atom is -0.481 e. The summed E-state index contributed by atoms with van der Waals surface area (Å²) in [5.74, 6) is -0.919. The molecule has 1 aliphatic rings. The summed E-state index contributed by atoms with van der Waals surface area (Å²) >= 11 is 0. The minimum atomic E-state index is -0.724. The topological polar surface area (TPSA) is 92.4 Å². The van der Waals surface area contributed by atoms with Crippen LogP contribution in [0.5, 0.6) is 0 Å². The highest BCUT2D eigenvalue weighted by atomic mass is 16.4. The second kappa shape index (κ2) is 8.37. The van der Waals surface area contributed by atoms with Gasteiger partial charge in [0, 0.05) is 13.0 Å². The van der Waals surface area contributed by atoms with E-state index in [2.05, 4.69) is 19.2 Å². The highest BCUT2D eigenvalue weighted by Crippen LogP contribution is 2.30. The maximum absolute atomic E-state index is 11.9. The van der Waals surface area contributed by atoms with Gasteiger partial charge in [0.25, 0.3) is 0 Å². The number of rotatable bonds is 8. The van der Waals surface area contributed by atoms with E-state index < -0.39 is 5.97 Å². The number of nitrogens with one attached hydrogen (secondary N) is 1. The summed E-state index contributed by atoms with van der Waals surface area (Å²) in [5, 5.41) is 12.1. The van der Waals surface area contributed by atoms with Crippen LogP contribution in [0.4, 0.5) is 0 Å². The predicted molar refractivity (Wildman–Crippen MR) is 82.8 cm³/mol. The van der Waals surface area contributed by atoms with Crippen LogP contribution in [-0.4, -0.2) is 30.1 Å². The Hall–Kier alpha value is -1.10. The molecular formula is C16H30N2O3. The van der Waals surface area contributed by atoms with Crippen LogP contribution in [0, 0.1) is 17.3 Å². The van der Waals surface area contributed by atoms with Crippen LogP contribution >= 0.6 is 0 Å². The van der Waals surface area contributed by atoms with Crippen molar-refractivity contribution < 1.29 is 14.7 Å². The Balaban J connectivity index is 2.33. The van der Waals surface area contributed by atoms with Crippen LogP contribution in [0.25, 0.3) is 0 Å². The third-order valence-electron chi connectivity index (χ3n) is 4.64. The Morgan fingerprint density at radius 2 is 1.90 bits per heavy atom. The third-order valence-corrected chi connectivity index (χ3v) is 4.64. The summed E-state index contributed by atoms with van der Waals surface area (Å²) in [5.41, 5.74) is 5.65. The lowest BCUT2D eigenvalue weighted by atomic mass is 9.79. The van der Waals surface area contributed by atoms with Crippen molar-refractivity contribution in [1.82, 2.24) is 5.32 Å². The molecule has 0 aromatic carbocycles. The molecule has 5 nitrogen and oxygen atoms in total. The van der Waals surface area contributed by atoms with Crippen molar-refractivity contribution in [2.24, 2.45) is 23.0 Å². The first-order valence-electron chi connectivity index (χ1n) is 8.05. The summed E-state index contributed by atoms with van der Waals surface area (Å²) < 4.78 is 0. The van der Waals surface area contributed by atoms with Gasteiger partial charge in [-0.1, -0.05) is 26.7 Å². The number of carbonyl (C=O) groups is 2. The molecule has 1 amide bonds. The molecule has 2 atom stereocenters. The van der Waals surface area contributed by atoms with Gasteiger partial charge in [-0.25, -0.2) is 0 Å². The van der Waals surface area contributed by atoms with Gasteiger partial charge in [-0.15, -0.1) is 0 Å². The normalized spacial score (nSPS) is 22.8. The van der Waals surface area contributed by atoms with Crippen LogP contribution in [-0.2, 0) is 9.59 Å². The van der Waals surface area contributed by atoms with E-state index in [0.29, 0.717) is 19.5 Å². The molecule has 1 rings (SSSR count). The molecule has 1 saturated carbocycles. The highest BCUT2D eigenvalue weighted by Gasteiger charge is 2.30. The number of carbonyl (C=O) groups excluding carboxylic acids is 1. The molecule has 0 spiro atoms. The molecule has 2 unspecified atom stereocenters. The third kappa shape index (κ3) is 6.46. The van der Waals surface area contributed by atoms with Crippen molar-refractivity contribution in [2.45, 2.75) is 58.8 Å². The van der Waals surface area contributed by atoms with Gasteiger partial charge in [-0.05, 0) is 43.6 Å². The van der Waals surface area contributed by atoms with Crippen molar-refractivity contribution in [3.8, 4) is 0 Å².